The third kappa shape index (κ3) is 6.99. The quantitative estimate of drug-likeness (QED) is 0.442. The van der Waals surface area contributed by atoms with Gasteiger partial charge in [0.15, 0.2) is 6.61 Å². The smallest absolute Gasteiger partial charge is 0.387 e. The second kappa shape index (κ2) is 9.38. The molecule has 0 saturated carbocycles. The summed E-state index contributed by atoms with van der Waals surface area (Å²) in [6.07, 6.45) is 1.93. The van der Waals surface area contributed by atoms with Crippen LogP contribution in [0.4, 0.5) is 17.6 Å². The maximum Gasteiger partial charge on any atom is 0.387 e. The van der Waals surface area contributed by atoms with Crippen molar-refractivity contribution in [3.63, 3.8) is 0 Å². The molecule has 0 radical (unpaired) electrons. The van der Waals surface area contributed by atoms with E-state index in [9.17, 15) is 27.2 Å². The summed E-state index contributed by atoms with van der Waals surface area (Å²) >= 11 is 0. The maximum absolute atomic E-state index is 12.4. The first-order valence-corrected chi connectivity index (χ1v) is 6.41. The highest BCUT2D eigenvalue weighted by atomic mass is 19.3. The van der Waals surface area contributed by atoms with Gasteiger partial charge in [0.1, 0.15) is 11.5 Å². The highest BCUT2D eigenvalue weighted by molar-refractivity contribution is 5.89. The molecule has 6 nitrogen and oxygen atoms in total. The molecule has 0 spiro atoms. The number of amides is 1. The minimum Gasteiger partial charge on any atom is -0.452 e. The molecule has 10 heteroatoms. The van der Waals surface area contributed by atoms with Crippen molar-refractivity contribution in [3.05, 3.63) is 29.8 Å². The normalized spacial score (nSPS) is 11.0. The molecule has 1 aromatic rings. The van der Waals surface area contributed by atoms with Crippen LogP contribution in [0, 0.1) is 0 Å². The summed E-state index contributed by atoms with van der Waals surface area (Å²) in [6, 6.07) is 3.05. The second-order valence-corrected chi connectivity index (χ2v) is 4.07. The molecule has 132 valence electrons. The van der Waals surface area contributed by atoms with Gasteiger partial charge in [0.25, 0.3) is 5.91 Å². The van der Waals surface area contributed by atoms with Gasteiger partial charge in [-0.25, -0.2) is 4.79 Å². The molecule has 0 heterocycles. The first-order chi connectivity index (χ1) is 11.3. The molecule has 0 fully saturated rings. The number of nitrogens with one attached hydrogen (secondary N) is 1. The molecule has 1 rings (SSSR count). The number of carbonyl (C=O) groups excluding carboxylic acids is 2. The molecule has 24 heavy (non-hydrogen) atoms. The zero-order valence-corrected chi connectivity index (χ0v) is 12.3. The topological polar surface area (TPSA) is 73.9 Å². The first kappa shape index (κ1) is 19.3. The molecule has 0 unspecified atom stereocenters. The van der Waals surface area contributed by atoms with Crippen LogP contribution in [0.25, 0.3) is 6.08 Å². The minimum atomic E-state index is -3.21. The number of ether oxygens (including phenoxy) is 3. The fourth-order valence-corrected chi connectivity index (χ4v) is 1.44. The van der Waals surface area contributed by atoms with E-state index in [4.69, 9.17) is 0 Å². The Morgan fingerprint density at radius 1 is 1.17 bits per heavy atom. The van der Waals surface area contributed by atoms with Gasteiger partial charge < -0.3 is 19.5 Å². The summed E-state index contributed by atoms with van der Waals surface area (Å²) in [7, 11) is 1.35. The van der Waals surface area contributed by atoms with Crippen molar-refractivity contribution in [1.82, 2.24) is 5.32 Å². The van der Waals surface area contributed by atoms with Crippen LogP contribution in [0.15, 0.2) is 24.3 Å². The van der Waals surface area contributed by atoms with Gasteiger partial charge in [-0.05, 0) is 18.2 Å². The number of halogens is 4. The summed E-state index contributed by atoms with van der Waals surface area (Å²) in [5.74, 6) is -2.31. The van der Waals surface area contributed by atoms with Gasteiger partial charge in [-0.2, -0.15) is 17.6 Å². The lowest BCUT2D eigenvalue weighted by atomic mass is 10.1. The van der Waals surface area contributed by atoms with Gasteiger partial charge in [-0.1, -0.05) is 0 Å². The van der Waals surface area contributed by atoms with Crippen molar-refractivity contribution in [2.24, 2.45) is 0 Å². The highest BCUT2D eigenvalue weighted by Gasteiger charge is 2.12. The zero-order chi connectivity index (χ0) is 18.1. The third-order valence-corrected chi connectivity index (χ3v) is 2.45. The van der Waals surface area contributed by atoms with Crippen LogP contribution in [0.5, 0.6) is 11.5 Å². The number of rotatable bonds is 8. The van der Waals surface area contributed by atoms with Crippen molar-refractivity contribution in [2.75, 3.05) is 13.7 Å². The van der Waals surface area contributed by atoms with Crippen molar-refractivity contribution < 1.29 is 41.4 Å². The first-order valence-electron chi connectivity index (χ1n) is 6.41. The summed E-state index contributed by atoms with van der Waals surface area (Å²) in [5, 5.41) is 2.23. The van der Waals surface area contributed by atoms with E-state index in [1.165, 1.54) is 7.05 Å². The Hall–Kier alpha value is -2.78. The van der Waals surface area contributed by atoms with Crippen LogP contribution in [0.1, 0.15) is 5.56 Å². The highest BCUT2D eigenvalue weighted by Crippen LogP contribution is 2.28. The number of alkyl halides is 4. The Morgan fingerprint density at radius 3 is 2.42 bits per heavy atom. The van der Waals surface area contributed by atoms with E-state index in [1.54, 1.807) is 0 Å². The van der Waals surface area contributed by atoms with Crippen LogP contribution >= 0.6 is 0 Å². The number of benzene rings is 1. The Morgan fingerprint density at radius 2 is 1.83 bits per heavy atom. The predicted octanol–water partition coefficient (Wildman–Crippen LogP) is 2.19. The zero-order valence-electron chi connectivity index (χ0n) is 12.3. The Kier molecular flexibility index (Phi) is 7.53. The van der Waals surface area contributed by atoms with Gasteiger partial charge in [0.2, 0.25) is 0 Å². The van der Waals surface area contributed by atoms with E-state index >= 15 is 0 Å². The lowest BCUT2D eigenvalue weighted by Crippen LogP contribution is -2.24. The van der Waals surface area contributed by atoms with Crippen molar-refractivity contribution in [3.8, 4) is 11.5 Å². The molecule has 0 saturated heterocycles. The number of hydrogen-bond donors (Lipinski definition) is 1. The lowest BCUT2D eigenvalue weighted by molar-refractivity contribution is -0.143. The van der Waals surface area contributed by atoms with Gasteiger partial charge in [0.05, 0.1) is 0 Å². The van der Waals surface area contributed by atoms with Crippen molar-refractivity contribution >= 4 is 18.0 Å². The predicted molar refractivity (Wildman–Crippen MR) is 73.8 cm³/mol. The number of hydrogen-bond acceptors (Lipinski definition) is 5. The summed E-state index contributed by atoms with van der Waals surface area (Å²) in [5.41, 5.74) is -0.00573. The Bertz CT molecular complexity index is 607. The molecule has 1 N–H and O–H groups in total. The van der Waals surface area contributed by atoms with Crippen LogP contribution in [0.3, 0.4) is 0 Å². The molecule has 0 aromatic heterocycles. The number of likely N-dealkylation sites (N-methyl/N-ethyl adjacent to an activating group) is 1. The van der Waals surface area contributed by atoms with E-state index in [0.29, 0.717) is 0 Å². The van der Waals surface area contributed by atoms with E-state index in [2.05, 4.69) is 19.5 Å². The molecule has 0 aliphatic carbocycles. The SMILES string of the molecule is CNC(=O)COC(=O)/C=C/c1ccc(OC(F)F)cc1OC(F)F. The Labute approximate surface area is 134 Å². The van der Waals surface area contributed by atoms with Crippen LogP contribution in [0.2, 0.25) is 0 Å². The van der Waals surface area contributed by atoms with E-state index in [0.717, 1.165) is 30.4 Å². The molecule has 0 aliphatic rings. The summed E-state index contributed by atoms with van der Waals surface area (Å²) in [6.45, 7) is -6.86. The molecule has 1 amide bonds. The minimum absolute atomic E-state index is 0.00573. The average Bonchev–Trinajstić information content (AvgIpc) is 2.50. The average molecular weight is 351 g/mol. The van der Waals surface area contributed by atoms with E-state index in [-0.39, 0.29) is 11.3 Å². The van der Waals surface area contributed by atoms with Crippen molar-refractivity contribution in [2.45, 2.75) is 13.2 Å². The van der Waals surface area contributed by atoms with Gasteiger partial charge >= 0.3 is 19.2 Å². The number of carbonyl (C=O) groups is 2. The standard InChI is InChI=1S/C14H13F4NO5/c1-19-11(20)7-22-12(21)5-3-8-2-4-9(23-13(15)16)6-10(8)24-14(17)18/h2-6,13-14H,7H2,1H3,(H,19,20)/b5-3+. The second-order valence-electron chi connectivity index (χ2n) is 4.07. The molecule has 1 aromatic carbocycles. The molecule has 0 atom stereocenters. The fourth-order valence-electron chi connectivity index (χ4n) is 1.44. The van der Waals surface area contributed by atoms with Crippen LogP contribution in [-0.4, -0.2) is 38.8 Å². The molecule has 0 bridgehead atoms. The largest absolute Gasteiger partial charge is 0.452 e. The van der Waals surface area contributed by atoms with Crippen LogP contribution in [-0.2, 0) is 14.3 Å². The number of esters is 1. The van der Waals surface area contributed by atoms with E-state index in [1.807, 2.05) is 0 Å². The fraction of sp³-hybridized carbons (Fsp3) is 0.286. The molecular weight excluding hydrogens is 338 g/mol. The van der Waals surface area contributed by atoms with Gasteiger partial charge in [-0.15, -0.1) is 0 Å². The summed E-state index contributed by atoms with van der Waals surface area (Å²) in [4.78, 5) is 22.3. The molecule has 0 aliphatic heterocycles. The van der Waals surface area contributed by atoms with Gasteiger partial charge in [-0.3, -0.25) is 4.79 Å². The lowest BCUT2D eigenvalue weighted by Gasteiger charge is -2.11. The third-order valence-electron chi connectivity index (χ3n) is 2.45. The van der Waals surface area contributed by atoms with Crippen molar-refractivity contribution in [1.29, 1.82) is 0 Å². The monoisotopic (exact) mass is 351 g/mol. The Balaban J connectivity index is 2.86. The summed E-state index contributed by atoms with van der Waals surface area (Å²) < 4.78 is 61.8. The maximum atomic E-state index is 12.4. The van der Waals surface area contributed by atoms with Gasteiger partial charge in [0, 0.05) is 24.8 Å². The van der Waals surface area contributed by atoms with E-state index < -0.39 is 37.5 Å². The molecular formula is C14H13F4NO5. The van der Waals surface area contributed by atoms with Crippen LogP contribution < -0.4 is 14.8 Å².